The number of benzene rings is 1. The molecule has 2 aliphatic heterocycles. The molecule has 1 saturated heterocycles. The Morgan fingerprint density at radius 1 is 1.14 bits per heavy atom. The number of carbonyl (C=O) groups is 1. The Morgan fingerprint density at radius 2 is 1.94 bits per heavy atom. The second-order valence-corrected chi connectivity index (χ2v) is 8.98. The molecule has 9 nitrogen and oxygen atoms in total. The van der Waals surface area contributed by atoms with Gasteiger partial charge < -0.3 is 29.4 Å². The van der Waals surface area contributed by atoms with Crippen molar-refractivity contribution in [3.63, 3.8) is 0 Å². The van der Waals surface area contributed by atoms with Gasteiger partial charge in [0.2, 0.25) is 0 Å². The number of nitrogens with one attached hydrogen (secondary N) is 1. The number of rotatable bonds is 7. The van der Waals surface area contributed by atoms with Crippen molar-refractivity contribution in [2.45, 2.75) is 25.6 Å². The molecule has 0 aliphatic carbocycles. The molecule has 3 aromatic rings. The standard InChI is InChI=1S/C25H26F2N4O5/c26-15-9-19(27)17-1-2-24(32)31(21(17)10-15)6-5-30-4-3-20(18(14-30)25(33)34)29-12-16-11-22-23(13-28-16)36-8-7-35-22/h1-2,9-11,13,18,20,29H,3-8,12,14H2,(H,33,34)/t18-,20-/m1/s1. The predicted octanol–water partition coefficient (Wildman–Crippen LogP) is 2.01. The van der Waals surface area contributed by atoms with Gasteiger partial charge in [-0.2, -0.15) is 0 Å². The van der Waals surface area contributed by atoms with E-state index < -0.39 is 23.5 Å². The summed E-state index contributed by atoms with van der Waals surface area (Å²) in [6.07, 6.45) is 2.19. The average molecular weight is 501 g/mol. The largest absolute Gasteiger partial charge is 0.486 e. The van der Waals surface area contributed by atoms with Crippen molar-refractivity contribution in [3.8, 4) is 11.5 Å². The van der Waals surface area contributed by atoms with Crippen LogP contribution in [0.4, 0.5) is 8.78 Å². The van der Waals surface area contributed by atoms with Crippen LogP contribution in [0.15, 0.2) is 41.3 Å². The van der Waals surface area contributed by atoms with Gasteiger partial charge in [-0.1, -0.05) is 0 Å². The molecule has 1 aromatic carbocycles. The maximum atomic E-state index is 14.2. The monoisotopic (exact) mass is 500 g/mol. The lowest BCUT2D eigenvalue weighted by Gasteiger charge is -2.37. The van der Waals surface area contributed by atoms with Crippen molar-refractivity contribution in [2.75, 3.05) is 32.8 Å². The maximum Gasteiger partial charge on any atom is 0.309 e. The van der Waals surface area contributed by atoms with E-state index in [4.69, 9.17) is 9.47 Å². The Kier molecular flexibility index (Phi) is 6.84. The molecular formula is C25H26F2N4O5. The SMILES string of the molecule is O=C(O)[C@@H]1CN(CCn2c(=O)ccc3c(F)cc(F)cc32)CC[C@H]1NCc1cc2c(cn1)OCCO2. The summed E-state index contributed by atoms with van der Waals surface area (Å²) in [5.74, 6) is -1.86. The fourth-order valence-corrected chi connectivity index (χ4v) is 4.83. The summed E-state index contributed by atoms with van der Waals surface area (Å²) in [6.45, 7) is 2.78. The van der Waals surface area contributed by atoms with E-state index in [1.807, 2.05) is 4.90 Å². The molecule has 5 rings (SSSR count). The van der Waals surface area contributed by atoms with E-state index >= 15 is 0 Å². The molecule has 0 radical (unpaired) electrons. The lowest BCUT2D eigenvalue weighted by Crippen LogP contribution is -2.52. The zero-order chi connectivity index (χ0) is 25.2. The van der Waals surface area contributed by atoms with Crippen molar-refractivity contribution >= 4 is 16.9 Å². The third-order valence-corrected chi connectivity index (χ3v) is 6.71. The number of hydrogen-bond donors (Lipinski definition) is 2. The number of hydrogen-bond acceptors (Lipinski definition) is 7. The molecule has 2 aliphatic rings. The molecule has 0 amide bonds. The number of aromatic nitrogens is 2. The van der Waals surface area contributed by atoms with E-state index in [0.29, 0.717) is 50.8 Å². The first-order valence-electron chi connectivity index (χ1n) is 11.8. The Labute approximate surface area is 205 Å². The number of carboxylic acids is 1. The molecule has 190 valence electrons. The van der Waals surface area contributed by atoms with Crippen molar-refractivity contribution in [3.05, 3.63) is 64.2 Å². The fraction of sp³-hybridized carbons (Fsp3) is 0.400. The molecule has 0 saturated carbocycles. The molecular weight excluding hydrogens is 474 g/mol. The Morgan fingerprint density at radius 3 is 2.75 bits per heavy atom. The van der Waals surface area contributed by atoms with Crippen LogP contribution in [0.1, 0.15) is 12.1 Å². The van der Waals surface area contributed by atoms with E-state index in [-0.39, 0.29) is 35.6 Å². The minimum absolute atomic E-state index is 0.162. The number of nitrogens with zero attached hydrogens (tertiary/aromatic N) is 3. The number of likely N-dealkylation sites (tertiary alicyclic amines) is 1. The van der Waals surface area contributed by atoms with Crippen LogP contribution in [-0.4, -0.2) is 64.4 Å². The summed E-state index contributed by atoms with van der Waals surface area (Å²) < 4.78 is 40.4. The first-order chi connectivity index (χ1) is 17.4. The van der Waals surface area contributed by atoms with Crippen molar-refractivity contribution in [2.24, 2.45) is 5.92 Å². The number of fused-ring (bicyclic) bond motifs is 2. The third-order valence-electron chi connectivity index (χ3n) is 6.71. The van der Waals surface area contributed by atoms with E-state index in [0.717, 1.165) is 17.8 Å². The number of piperidine rings is 1. The maximum absolute atomic E-state index is 14.2. The third kappa shape index (κ3) is 5.02. The molecule has 2 atom stereocenters. The average Bonchev–Trinajstić information content (AvgIpc) is 2.86. The minimum Gasteiger partial charge on any atom is -0.486 e. The lowest BCUT2D eigenvalue weighted by atomic mass is 9.92. The van der Waals surface area contributed by atoms with Crippen molar-refractivity contribution in [1.82, 2.24) is 19.8 Å². The summed E-state index contributed by atoms with van der Waals surface area (Å²) in [6, 6.07) is 6.05. The topological polar surface area (TPSA) is 106 Å². The van der Waals surface area contributed by atoms with E-state index in [1.54, 1.807) is 12.3 Å². The van der Waals surface area contributed by atoms with E-state index in [9.17, 15) is 23.5 Å². The quantitative estimate of drug-likeness (QED) is 0.508. The Bertz CT molecular complexity index is 1350. The predicted molar refractivity (Wildman–Crippen MR) is 126 cm³/mol. The van der Waals surface area contributed by atoms with Crippen LogP contribution in [0.25, 0.3) is 10.9 Å². The number of carboxylic acid groups (broad SMARTS) is 1. The van der Waals surface area contributed by atoms with Gasteiger partial charge in [-0.15, -0.1) is 0 Å². The molecule has 0 unspecified atom stereocenters. The van der Waals surface area contributed by atoms with Crippen LogP contribution in [-0.2, 0) is 17.9 Å². The van der Waals surface area contributed by atoms with Gasteiger partial charge >= 0.3 is 5.97 Å². The van der Waals surface area contributed by atoms with Gasteiger partial charge in [0.25, 0.3) is 5.56 Å². The van der Waals surface area contributed by atoms with Gasteiger partial charge in [0, 0.05) is 55.8 Å². The second kappa shape index (κ2) is 10.2. The summed E-state index contributed by atoms with van der Waals surface area (Å²) in [4.78, 5) is 30.8. The Hall–Kier alpha value is -3.57. The molecule has 2 N–H and O–H groups in total. The highest BCUT2D eigenvalue weighted by Gasteiger charge is 2.34. The first-order valence-corrected chi connectivity index (χ1v) is 11.8. The van der Waals surface area contributed by atoms with Crippen molar-refractivity contribution in [1.29, 1.82) is 0 Å². The molecule has 0 bridgehead atoms. The molecule has 0 spiro atoms. The van der Waals surface area contributed by atoms with Gasteiger partial charge in [-0.25, -0.2) is 8.78 Å². The fourth-order valence-electron chi connectivity index (χ4n) is 4.83. The highest BCUT2D eigenvalue weighted by Crippen LogP contribution is 2.29. The molecule has 4 heterocycles. The molecule has 36 heavy (non-hydrogen) atoms. The van der Waals surface area contributed by atoms with Crippen LogP contribution < -0.4 is 20.3 Å². The number of pyridine rings is 2. The van der Waals surface area contributed by atoms with E-state index in [2.05, 4.69) is 10.3 Å². The minimum atomic E-state index is -0.918. The summed E-state index contributed by atoms with van der Waals surface area (Å²) in [5, 5.41) is 13.3. The van der Waals surface area contributed by atoms with Gasteiger partial charge in [0.05, 0.1) is 23.3 Å². The lowest BCUT2D eigenvalue weighted by molar-refractivity contribution is -0.144. The first kappa shape index (κ1) is 24.1. The van der Waals surface area contributed by atoms with Crippen LogP contribution >= 0.6 is 0 Å². The van der Waals surface area contributed by atoms with Gasteiger partial charge in [-0.05, 0) is 25.1 Å². The van der Waals surface area contributed by atoms with Gasteiger partial charge in [0.1, 0.15) is 24.8 Å². The van der Waals surface area contributed by atoms with Crippen LogP contribution in [0.3, 0.4) is 0 Å². The summed E-state index contributed by atoms with van der Waals surface area (Å²) in [5.41, 5.74) is 0.532. The number of halogens is 2. The highest BCUT2D eigenvalue weighted by molar-refractivity contribution is 5.79. The van der Waals surface area contributed by atoms with Gasteiger partial charge in [0.15, 0.2) is 11.5 Å². The van der Waals surface area contributed by atoms with E-state index in [1.165, 1.54) is 16.7 Å². The van der Waals surface area contributed by atoms with Crippen molar-refractivity contribution < 1.29 is 28.2 Å². The normalized spacial score (nSPS) is 19.9. The highest BCUT2D eigenvalue weighted by atomic mass is 19.1. The Balaban J connectivity index is 1.23. The van der Waals surface area contributed by atoms with Crippen LogP contribution in [0, 0.1) is 17.6 Å². The van der Waals surface area contributed by atoms with Gasteiger partial charge in [-0.3, -0.25) is 14.6 Å². The molecule has 11 heteroatoms. The smallest absolute Gasteiger partial charge is 0.309 e. The van der Waals surface area contributed by atoms with Crippen LogP contribution in [0.5, 0.6) is 11.5 Å². The molecule has 1 fully saturated rings. The zero-order valence-corrected chi connectivity index (χ0v) is 19.5. The summed E-state index contributed by atoms with van der Waals surface area (Å²) >= 11 is 0. The molecule has 2 aromatic heterocycles. The second-order valence-electron chi connectivity index (χ2n) is 8.98. The number of ether oxygens (including phenoxy) is 2. The summed E-state index contributed by atoms with van der Waals surface area (Å²) in [7, 11) is 0. The zero-order valence-electron chi connectivity index (χ0n) is 19.5. The number of aliphatic carboxylic acids is 1. The van der Waals surface area contributed by atoms with Crippen LogP contribution in [0.2, 0.25) is 0 Å².